The van der Waals surface area contributed by atoms with Crippen LogP contribution in [-0.2, 0) is 4.74 Å². The lowest BCUT2D eigenvalue weighted by molar-refractivity contribution is -0.153. The number of nitrogen functional groups attached to an aromatic ring is 1. The number of nitrogens with one attached hydrogen (secondary N) is 1. The number of aromatic nitrogens is 6. The molecule has 0 radical (unpaired) electrons. The molecule has 3 N–H and O–H groups in total. The van der Waals surface area contributed by atoms with Crippen LogP contribution in [0.2, 0.25) is 0 Å². The minimum Gasteiger partial charge on any atom is -0.478 e. The lowest BCUT2D eigenvalue weighted by Gasteiger charge is -2.12. The van der Waals surface area contributed by atoms with Gasteiger partial charge in [-0.3, -0.25) is 5.10 Å². The number of hydrogen-bond acceptors (Lipinski definition) is 7. The van der Waals surface area contributed by atoms with Crippen LogP contribution in [0.4, 0.5) is 19.1 Å². The molecule has 3 aromatic heterocycles. The molecule has 1 aliphatic heterocycles. The Morgan fingerprint density at radius 3 is 2.61 bits per heavy atom. The molecule has 12 heteroatoms. The maximum atomic E-state index is 12.4. The van der Waals surface area contributed by atoms with Crippen LogP contribution in [0.15, 0.2) is 18.7 Å². The van der Waals surface area contributed by atoms with Crippen molar-refractivity contribution < 1.29 is 22.6 Å². The Morgan fingerprint density at radius 2 is 1.96 bits per heavy atom. The summed E-state index contributed by atoms with van der Waals surface area (Å²) < 4.78 is 48.3. The van der Waals surface area contributed by atoms with Crippen molar-refractivity contribution in [2.75, 3.05) is 25.6 Å². The fraction of sp³-hybridized carbons (Fsp3) is 0.500. The molecular weight excluding hydrogens is 379 g/mol. The van der Waals surface area contributed by atoms with Crippen LogP contribution < -0.4 is 10.5 Å². The summed E-state index contributed by atoms with van der Waals surface area (Å²) in [5.74, 6) is -0.265. The number of nitrogens with zero attached hydrogens (tertiary/aromatic N) is 5. The second-order valence-electron chi connectivity index (χ2n) is 6.08. The number of ether oxygens (including phenoxy) is 2. The highest BCUT2D eigenvalue weighted by Gasteiger charge is 2.30. The highest BCUT2D eigenvalue weighted by Crippen LogP contribution is 2.32. The minimum atomic E-state index is -4.49. The molecule has 0 spiro atoms. The van der Waals surface area contributed by atoms with E-state index in [9.17, 15) is 13.2 Å². The molecule has 152 valence electrons. The largest absolute Gasteiger partial charge is 0.478 e. The fourth-order valence-electron chi connectivity index (χ4n) is 2.59. The summed E-state index contributed by atoms with van der Waals surface area (Å²) in [5.41, 5.74) is 6.10. The van der Waals surface area contributed by atoms with Crippen molar-refractivity contribution in [2.24, 2.45) is 0 Å². The van der Waals surface area contributed by atoms with Crippen LogP contribution in [0, 0.1) is 0 Å². The number of hydrogen-bond donors (Lipinski definition) is 2. The van der Waals surface area contributed by atoms with Gasteiger partial charge in [-0.1, -0.05) is 12.8 Å². The van der Waals surface area contributed by atoms with E-state index in [2.05, 4.69) is 25.3 Å². The second-order valence-corrected chi connectivity index (χ2v) is 6.08. The first-order chi connectivity index (χ1) is 13.4. The molecule has 0 amide bonds. The van der Waals surface area contributed by atoms with Crippen molar-refractivity contribution in [1.29, 1.82) is 0 Å². The molecule has 0 atom stereocenters. The third-order valence-electron chi connectivity index (χ3n) is 3.84. The van der Waals surface area contributed by atoms with Crippen molar-refractivity contribution in [2.45, 2.75) is 31.9 Å². The third kappa shape index (κ3) is 5.31. The number of alkyl halides is 3. The van der Waals surface area contributed by atoms with Crippen LogP contribution in [0.25, 0.3) is 16.9 Å². The van der Waals surface area contributed by atoms with Gasteiger partial charge in [0.1, 0.15) is 12.0 Å². The quantitative estimate of drug-likeness (QED) is 0.695. The first-order valence-electron chi connectivity index (χ1n) is 8.71. The zero-order valence-corrected chi connectivity index (χ0v) is 14.9. The van der Waals surface area contributed by atoms with Gasteiger partial charge >= 0.3 is 6.18 Å². The number of fused-ring (bicyclic) bond motifs is 1. The van der Waals surface area contributed by atoms with Gasteiger partial charge in [-0.25, -0.2) is 4.98 Å². The molecule has 0 bridgehead atoms. The van der Waals surface area contributed by atoms with Crippen molar-refractivity contribution in [1.82, 2.24) is 29.8 Å². The van der Waals surface area contributed by atoms with Crippen LogP contribution in [0.5, 0.6) is 5.75 Å². The molecule has 0 aromatic carbocycles. The van der Waals surface area contributed by atoms with E-state index in [0.717, 1.165) is 17.7 Å². The van der Waals surface area contributed by atoms with Crippen LogP contribution in [0.1, 0.15) is 25.7 Å². The first-order valence-corrected chi connectivity index (χ1v) is 8.71. The van der Waals surface area contributed by atoms with E-state index >= 15 is 0 Å². The van der Waals surface area contributed by atoms with Crippen molar-refractivity contribution in [3.8, 4) is 17.0 Å². The third-order valence-corrected chi connectivity index (χ3v) is 3.84. The normalized spacial score (nSPS) is 15.0. The first kappa shape index (κ1) is 19.9. The summed E-state index contributed by atoms with van der Waals surface area (Å²) in [6.07, 6.45) is 4.96. The average Bonchev–Trinajstić information content (AvgIpc) is 3.20. The molecule has 4 rings (SSSR count). The van der Waals surface area contributed by atoms with Crippen LogP contribution >= 0.6 is 0 Å². The monoisotopic (exact) mass is 399 g/mol. The van der Waals surface area contributed by atoms with Crippen LogP contribution in [0.3, 0.4) is 0 Å². The number of H-pyrrole nitrogens is 1. The van der Waals surface area contributed by atoms with Gasteiger partial charge < -0.3 is 15.2 Å². The molecule has 1 aliphatic rings. The van der Waals surface area contributed by atoms with Gasteiger partial charge in [-0.2, -0.15) is 27.8 Å². The van der Waals surface area contributed by atoms with Gasteiger partial charge in [0.05, 0.1) is 6.20 Å². The average molecular weight is 399 g/mol. The fourth-order valence-corrected chi connectivity index (χ4v) is 2.59. The summed E-state index contributed by atoms with van der Waals surface area (Å²) in [7, 11) is 0. The maximum Gasteiger partial charge on any atom is 0.422 e. The standard InChI is InChI=1S/C10H8F3N7O.C6H12O/c11-10(12,13)3-21-7-6(5-1-16-17-2-5)15-4-20-8(7)18-9(14)19-20;1-2-4-6-7-5-3-1/h1-2,4H,3H2,(H2,14,19)(H,16,17);1-6H2. The molecule has 1 saturated heterocycles. The predicted molar refractivity (Wildman–Crippen MR) is 93.6 cm³/mol. The van der Waals surface area contributed by atoms with Gasteiger partial charge in [0, 0.05) is 25.0 Å². The maximum absolute atomic E-state index is 12.4. The van der Waals surface area contributed by atoms with E-state index in [0.29, 0.717) is 5.56 Å². The van der Waals surface area contributed by atoms with Gasteiger partial charge in [0.15, 0.2) is 12.4 Å². The Kier molecular flexibility index (Phi) is 6.29. The van der Waals surface area contributed by atoms with Gasteiger partial charge in [-0.15, -0.1) is 5.10 Å². The van der Waals surface area contributed by atoms with E-state index < -0.39 is 12.8 Å². The summed E-state index contributed by atoms with van der Waals surface area (Å²) in [4.78, 5) is 7.87. The molecule has 4 heterocycles. The molecular formula is C16H20F3N7O2. The molecule has 3 aromatic rings. The van der Waals surface area contributed by atoms with Gasteiger partial charge in [0.2, 0.25) is 11.6 Å². The predicted octanol–water partition coefficient (Wildman–Crippen LogP) is 2.61. The SMILES string of the molecule is C1CCCOCC1.Nc1nc2c(OCC(F)(F)F)c(-c3cn[nH]c3)ncn2n1. The Balaban J connectivity index is 0.000000271. The molecule has 28 heavy (non-hydrogen) atoms. The van der Waals surface area contributed by atoms with Gasteiger partial charge in [0.25, 0.3) is 0 Å². The van der Waals surface area contributed by atoms with Gasteiger partial charge in [-0.05, 0) is 12.8 Å². The van der Waals surface area contributed by atoms with E-state index in [-0.39, 0.29) is 23.0 Å². The Bertz CT molecular complexity index is 861. The molecule has 0 aliphatic carbocycles. The smallest absolute Gasteiger partial charge is 0.422 e. The van der Waals surface area contributed by atoms with E-state index in [1.807, 2.05) is 0 Å². The van der Waals surface area contributed by atoms with E-state index in [1.165, 1.54) is 44.4 Å². The lowest BCUT2D eigenvalue weighted by atomic mass is 10.2. The zero-order valence-electron chi connectivity index (χ0n) is 14.9. The summed E-state index contributed by atoms with van der Waals surface area (Å²) in [6.45, 7) is 0.520. The minimum absolute atomic E-state index is 0.0444. The molecule has 0 saturated carbocycles. The molecule has 1 fully saturated rings. The Hall–Kier alpha value is -2.89. The number of aromatic amines is 1. The summed E-state index contributed by atoms with van der Waals surface area (Å²) in [6, 6.07) is 0. The molecule has 9 nitrogen and oxygen atoms in total. The van der Waals surface area contributed by atoms with E-state index in [4.69, 9.17) is 15.2 Å². The highest BCUT2D eigenvalue weighted by atomic mass is 19.4. The summed E-state index contributed by atoms with van der Waals surface area (Å²) >= 11 is 0. The highest BCUT2D eigenvalue weighted by molar-refractivity contribution is 5.73. The second kappa shape index (κ2) is 8.87. The lowest BCUT2D eigenvalue weighted by Crippen LogP contribution is -2.20. The number of anilines is 1. The Labute approximate surface area is 158 Å². The molecule has 0 unspecified atom stereocenters. The summed E-state index contributed by atoms with van der Waals surface area (Å²) in [5, 5.41) is 10.0. The van der Waals surface area contributed by atoms with Crippen LogP contribution in [-0.4, -0.2) is 55.8 Å². The van der Waals surface area contributed by atoms with Crippen molar-refractivity contribution in [3.63, 3.8) is 0 Å². The zero-order chi connectivity index (χ0) is 20.0. The number of rotatable bonds is 3. The Morgan fingerprint density at radius 1 is 1.21 bits per heavy atom. The number of halogens is 3. The van der Waals surface area contributed by atoms with E-state index in [1.54, 1.807) is 0 Å². The number of nitrogens with two attached hydrogens (primary N) is 1. The van der Waals surface area contributed by atoms with Crippen molar-refractivity contribution >= 4 is 11.6 Å². The topological polar surface area (TPSA) is 116 Å². The van der Waals surface area contributed by atoms with Crippen molar-refractivity contribution in [3.05, 3.63) is 18.7 Å².